The predicted molar refractivity (Wildman–Crippen MR) is 95.3 cm³/mol. The van der Waals surface area contributed by atoms with Crippen LogP contribution < -0.4 is 10.6 Å². The Kier molecular flexibility index (Phi) is 4.52. The Balaban J connectivity index is 1.41. The average Bonchev–Trinajstić information content (AvgIpc) is 3.11. The van der Waals surface area contributed by atoms with Crippen LogP contribution in [0.2, 0.25) is 0 Å². The van der Waals surface area contributed by atoms with Crippen molar-refractivity contribution in [3.05, 3.63) is 35.4 Å². The first kappa shape index (κ1) is 16.6. The van der Waals surface area contributed by atoms with Gasteiger partial charge in [-0.2, -0.15) is 0 Å². The number of amides is 3. The minimum atomic E-state index is -0.218. The number of imide groups is 1. The molecule has 1 aromatic rings. The molecule has 0 aliphatic carbocycles. The maximum Gasteiger partial charge on any atom is 0.289 e. The number of thioether (sulfide) groups is 1. The maximum atomic E-state index is 12.6. The molecule has 2 N–H and O–H groups in total. The predicted octanol–water partition coefficient (Wildman–Crippen LogP) is 1.89. The van der Waals surface area contributed by atoms with E-state index in [2.05, 4.69) is 10.6 Å². The van der Waals surface area contributed by atoms with Crippen LogP contribution in [0.5, 0.6) is 0 Å². The van der Waals surface area contributed by atoms with Crippen molar-refractivity contribution >= 4 is 28.8 Å². The molecule has 3 amide bonds. The fourth-order valence-electron chi connectivity index (χ4n) is 3.97. The number of piperidine rings is 1. The lowest BCUT2D eigenvalue weighted by Crippen LogP contribution is -2.48. The van der Waals surface area contributed by atoms with Crippen LogP contribution in [0.1, 0.15) is 41.6 Å². The molecule has 0 radical (unpaired) electrons. The van der Waals surface area contributed by atoms with Crippen molar-refractivity contribution in [1.29, 1.82) is 0 Å². The highest BCUT2D eigenvalue weighted by atomic mass is 32.2. The third kappa shape index (κ3) is 3.57. The van der Waals surface area contributed by atoms with Crippen molar-refractivity contribution in [3.8, 4) is 0 Å². The lowest BCUT2D eigenvalue weighted by Gasteiger charge is -2.29. The molecule has 4 rings (SSSR count). The van der Waals surface area contributed by atoms with Crippen LogP contribution in [-0.4, -0.2) is 45.8 Å². The number of nitrogens with zero attached hydrogens (tertiary/aromatic N) is 1. The zero-order valence-electron chi connectivity index (χ0n) is 13.9. The van der Waals surface area contributed by atoms with E-state index in [1.165, 1.54) is 17.7 Å². The monoisotopic (exact) mass is 359 g/mol. The zero-order valence-corrected chi connectivity index (χ0v) is 14.7. The van der Waals surface area contributed by atoms with Gasteiger partial charge < -0.3 is 10.6 Å². The van der Waals surface area contributed by atoms with Crippen LogP contribution in [0, 0.1) is 0 Å². The Morgan fingerprint density at radius 1 is 1.24 bits per heavy atom. The van der Waals surface area contributed by atoms with Gasteiger partial charge >= 0.3 is 0 Å². The van der Waals surface area contributed by atoms with Gasteiger partial charge in [0.1, 0.15) is 0 Å². The summed E-state index contributed by atoms with van der Waals surface area (Å²) in [6.07, 6.45) is 4.36. The van der Waals surface area contributed by atoms with Gasteiger partial charge in [0.15, 0.2) is 0 Å². The van der Waals surface area contributed by atoms with Crippen LogP contribution in [0.3, 0.4) is 0 Å². The van der Waals surface area contributed by atoms with Crippen molar-refractivity contribution in [2.45, 2.75) is 50.4 Å². The fraction of sp³-hybridized carbons (Fsp3) is 0.500. The second-order valence-corrected chi connectivity index (χ2v) is 7.94. The Morgan fingerprint density at radius 3 is 2.68 bits per heavy atom. The molecule has 3 fully saturated rings. The molecule has 1 aromatic carbocycles. The number of hydrogen-bond acceptors (Lipinski definition) is 5. The van der Waals surface area contributed by atoms with E-state index in [9.17, 15) is 14.4 Å². The summed E-state index contributed by atoms with van der Waals surface area (Å²) in [4.78, 5) is 37.3. The van der Waals surface area contributed by atoms with E-state index in [0.717, 1.165) is 30.2 Å². The number of rotatable bonds is 4. The SMILES string of the molecule is O=C(NC1CC2CCC(C1)N2)c1cccc(CN2C(=O)CSC2=O)c1. The molecule has 3 saturated heterocycles. The van der Waals surface area contributed by atoms with Crippen molar-refractivity contribution in [1.82, 2.24) is 15.5 Å². The summed E-state index contributed by atoms with van der Waals surface area (Å²) in [6, 6.07) is 8.46. The molecule has 25 heavy (non-hydrogen) atoms. The number of nitrogens with one attached hydrogen (secondary N) is 2. The third-order valence-electron chi connectivity index (χ3n) is 5.18. The quantitative estimate of drug-likeness (QED) is 0.858. The van der Waals surface area contributed by atoms with Gasteiger partial charge in [-0.05, 0) is 43.4 Å². The van der Waals surface area contributed by atoms with Gasteiger partial charge in [0.2, 0.25) is 5.91 Å². The van der Waals surface area contributed by atoms with Gasteiger partial charge in [-0.25, -0.2) is 0 Å². The second-order valence-electron chi connectivity index (χ2n) is 7.01. The van der Waals surface area contributed by atoms with Gasteiger partial charge in [0.05, 0.1) is 12.3 Å². The Morgan fingerprint density at radius 2 is 2.00 bits per heavy atom. The number of hydrogen-bond donors (Lipinski definition) is 2. The van der Waals surface area contributed by atoms with Gasteiger partial charge in [0.25, 0.3) is 11.1 Å². The number of benzene rings is 1. The van der Waals surface area contributed by atoms with Crippen molar-refractivity contribution < 1.29 is 14.4 Å². The molecular weight excluding hydrogens is 338 g/mol. The molecule has 3 aliphatic rings. The summed E-state index contributed by atoms with van der Waals surface area (Å²) in [5.74, 6) is -0.0477. The van der Waals surface area contributed by atoms with E-state index in [1.54, 1.807) is 18.2 Å². The lowest BCUT2D eigenvalue weighted by atomic mass is 9.99. The van der Waals surface area contributed by atoms with Crippen LogP contribution in [0.15, 0.2) is 24.3 Å². The van der Waals surface area contributed by atoms with Gasteiger partial charge in [-0.3, -0.25) is 19.3 Å². The molecule has 3 aliphatic heterocycles. The first-order valence-corrected chi connectivity index (χ1v) is 9.70. The molecule has 132 valence electrons. The van der Waals surface area contributed by atoms with E-state index < -0.39 is 0 Å². The normalized spacial score (nSPS) is 28.5. The van der Waals surface area contributed by atoms with E-state index in [4.69, 9.17) is 0 Å². The Bertz CT molecular complexity index is 695. The standard InChI is InChI=1S/C18H21N3O3S/c22-16-10-25-18(24)21(16)9-11-2-1-3-12(6-11)17(23)20-15-7-13-4-5-14(8-15)19-13/h1-3,6,13-15,19H,4-5,7-10H2,(H,20,23). The van der Waals surface area contributed by atoms with E-state index in [-0.39, 0.29) is 35.4 Å². The molecule has 7 heteroatoms. The smallest absolute Gasteiger partial charge is 0.289 e. The van der Waals surface area contributed by atoms with Gasteiger partial charge in [0, 0.05) is 23.7 Å². The van der Waals surface area contributed by atoms with Crippen molar-refractivity contribution in [3.63, 3.8) is 0 Å². The van der Waals surface area contributed by atoms with Crippen LogP contribution in [-0.2, 0) is 11.3 Å². The Hall–Kier alpha value is -1.86. The largest absolute Gasteiger partial charge is 0.349 e. The molecule has 3 heterocycles. The average molecular weight is 359 g/mol. The third-order valence-corrected chi connectivity index (χ3v) is 6.04. The van der Waals surface area contributed by atoms with Crippen LogP contribution in [0.4, 0.5) is 4.79 Å². The Labute approximate surface area is 150 Å². The highest BCUT2D eigenvalue weighted by molar-refractivity contribution is 8.14. The van der Waals surface area contributed by atoms with Crippen molar-refractivity contribution in [2.24, 2.45) is 0 Å². The zero-order chi connectivity index (χ0) is 17.4. The van der Waals surface area contributed by atoms with Crippen molar-refractivity contribution in [2.75, 3.05) is 5.75 Å². The summed E-state index contributed by atoms with van der Waals surface area (Å²) < 4.78 is 0. The topological polar surface area (TPSA) is 78.5 Å². The minimum Gasteiger partial charge on any atom is -0.349 e. The van der Waals surface area contributed by atoms with E-state index >= 15 is 0 Å². The number of fused-ring (bicyclic) bond motifs is 2. The molecule has 0 spiro atoms. The number of carbonyl (C=O) groups excluding carboxylic acids is 3. The maximum absolute atomic E-state index is 12.6. The molecule has 2 unspecified atom stereocenters. The van der Waals surface area contributed by atoms with E-state index in [0.29, 0.717) is 17.6 Å². The summed E-state index contributed by atoms with van der Waals surface area (Å²) >= 11 is 1.03. The summed E-state index contributed by atoms with van der Waals surface area (Å²) in [5, 5.41) is 6.49. The highest BCUT2D eigenvalue weighted by Gasteiger charge is 2.34. The van der Waals surface area contributed by atoms with Gasteiger partial charge in [-0.1, -0.05) is 23.9 Å². The number of carbonyl (C=O) groups is 3. The molecule has 2 bridgehead atoms. The summed E-state index contributed by atoms with van der Waals surface area (Å²) in [7, 11) is 0. The lowest BCUT2D eigenvalue weighted by molar-refractivity contribution is -0.125. The van der Waals surface area contributed by atoms with Crippen LogP contribution in [0.25, 0.3) is 0 Å². The minimum absolute atomic E-state index is 0.0819. The molecule has 0 aromatic heterocycles. The summed E-state index contributed by atoms with van der Waals surface area (Å²) in [6.45, 7) is 0.225. The fourth-order valence-corrected chi connectivity index (χ4v) is 4.70. The first-order valence-electron chi connectivity index (χ1n) is 8.71. The summed E-state index contributed by atoms with van der Waals surface area (Å²) in [5.41, 5.74) is 1.37. The van der Waals surface area contributed by atoms with Crippen LogP contribution >= 0.6 is 11.8 Å². The molecule has 0 saturated carbocycles. The highest BCUT2D eigenvalue weighted by Crippen LogP contribution is 2.27. The molecule has 6 nitrogen and oxygen atoms in total. The van der Waals surface area contributed by atoms with Gasteiger partial charge in [-0.15, -0.1) is 0 Å². The second kappa shape index (κ2) is 6.80. The van der Waals surface area contributed by atoms with E-state index in [1.807, 2.05) is 6.07 Å². The molecular formula is C18H21N3O3S. The molecule has 2 atom stereocenters. The first-order chi connectivity index (χ1) is 12.1.